The van der Waals surface area contributed by atoms with Crippen molar-refractivity contribution in [3.05, 3.63) is 130 Å². The number of amides is 5. The molecule has 7 rings (SSSR count). The first-order valence-electron chi connectivity index (χ1n) is 30.1. The number of carbonyl (C=O) groups excluding carboxylic acids is 7. The van der Waals surface area contributed by atoms with Crippen molar-refractivity contribution in [2.24, 2.45) is 0 Å². The number of ketones is 2. The van der Waals surface area contributed by atoms with Gasteiger partial charge in [0, 0.05) is 112 Å². The van der Waals surface area contributed by atoms with Gasteiger partial charge in [-0.1, -0.05) is 11.6 Å². The molecule has 4 aromatic rings. The molecule has 0 radical (unpaired) electrons. The van der Waals surface area contributed by atoms with Crippen LogP contribution in [-0.4, -0.2) is 162 Å². The Kier molecular flexibility index (Phi) is 30.2. The lowest BCUT2D eigenvalue weighted by molar-refractivity contribution is -0.384. The van der Waals surface area contributed by atoms with Gasteiger partial charge in [-0.25, -0.2) is 14.4 Å². The number of nitro benzene ring substituents is 3. The van der Waals surface area contributed by atoms with Gasteiger partial charge in [0.2, 0.25) is 0 Å². The van der Waals surface area contributed by atoms with Crippen LogP contribution < -0.4 is 43.0 Å². The summed E-state index contributed by atoms with van der Waals surface area (Å²) in [5, 5.41) is 52.4. The van der Waals surface area contributed by atoms with E-state index in [4.69, 9.17) is 31.5 Å². The number of hydrogen-bond acceptors (Lipinski definition) is 21. The number of ether oxygens (including phenoxy) is 3. The van der Waals surface area contributed by atoms with Crippen molar-refractivity contribution in [2.45, 2.75) is 150 Å². The summed E-state index contributed by atoms with van der Waals surface area (Å²) in [5.74, 6) is -0.781. The fraction of sp³-hybridized carbons (Fsp3) is 0.508. The number of benzene rings is 4. The van der Waals surface area contributed by atoms with Crippen LogP contribution in [-0.2, 0) is 14.2 Å². The molecule has 3 aliphatic rings. The minimum absolute atomic E-state index is 0.0370. The van der Waals surface area contributed by atoms with Crippen molar-refractivity contribution in [2.75, 3.05) is 82.1 Å². The van der Waals surface area contributed by atoms with Gasteiger partial charge in [0.1, 0.15) is 33.2 Å². The third kappa shape index (κ3) is 27.5. The maximum Gasteiger partial charge on any atom is 0.407 e. The van der Waals surface area contributed by atoms with Crippen LogP contribution >= 0.6 is 11.6 Å². The summed E-state index contributed by atoms with van der Waals surface area (Å²) in [4.78, 5) is 116. The smallest absolute Gasteiger partial charge is 0.407 e. The van der Waals surface area contributed by atoms with Crippen LogP contribution in [0.3, 0.4) is 0 Å². The van der Waals surface area contributed by atoms with E-state index in [0.29, 0.717) is 54.4 Å². The molecule has 0 bridgehead atoms. The maximum absolute atomic E-state index is 12.8. The van der Waals surface area contributed by atoms with Crippen LogP contribution in [0, 0.1) is 30.3 Å². The molecule has 0 unspecified atom stereocenters. The zero-order valence-corrected chi connectivity index (χ0v) is 56.1. The Hall–Kier alpha value is -9.38. The number of hydrogen-bond donors (Lipinski definition) is 8. The van der Waals surface area contributed by atoms with E-state index in [-0.39, 0.29) is 80.8 Å². The normalized spacial score (nSPS) is 16.0. The predicted octanol–water partition coefficient (Wildman–Crippen LogP) is 10.8. The van der Waals surface area contributed by atoms with Crippen LogP contribution in [0.15, 0.2) is 72.8 Å². The highest BCUT2D eigenvalue weighted by Crippen LogP contribution is 2.29. The van der Waals surface area contributed by atoms with Gasteiger partial charge in [-0.05, 0) is 176 Å². The molecule has 0 aromatic heterocycles. The monoisotopic (exact) mass is 1320 g/mol. The number of piperidine rings is 3. The molecular formula is C63H90ClN13O16. The lowest BCUT2D eigenvalue weighted by atomic mass is 10.0. The first-order valence-corrected chi connectivity index (χ1v) is 30.5. The number of nitrogens with two attached hydrogens (primary N) is 1. The topological polar surface area (TPSA) is 393 Å². The minimum Gasteiger partial charge on any atom is -0.444 e. The van der Waals surface area contributed by atoms with Crippen LogP contribution in [0.25, 0.3) is 0 Å². The molecule has 0 saturated carbocycles. The fourth-order valence-corrected chi connectivity index (χ4v) is 9.44. The van der Waals surface area contributed by atoms with E-state index in [1.54, 1.807) is 82.0 Å². The van der Waals surface area contributed by atoms with E-state index in [2.05, 4.69) is 37.2 Å². The number of nitrogens with one attached hydrogen (secondary N) is 7. The molecule has 4 aromatic carbocycles. The van der Waals surface area contributed by atoms with Crippen LogP contribution in [0.1, 0.15) is 156 Å². The molecule has 0 aliphatic carbocycles. The van der Waals surface area contributed by atoms with Crippen molar-refractivity contribution in [1.29, 1.82) is 0 Å². The molecule has 5 amide bonds. The second kappa shape index (κ2) is 36.0. The maximum atomic E-state index is 12.8. The number of nitrogens with zero attached hydrogens (tertiary/aromatic N) is 5. The molecule has 3 saturated heterocycles. The van der Waals surface area contributed by atoms with Crippen molar-refractivity contribution in [1.82, 2.24) is 31.1 Å². The zero-order chi connectivity index (χ0) is 70.1. The largest absolute Gasteiger partial charge is 0.444 e. The quantitative estimate of drug-likeness (QED) is 0.0203. The molecule has 3 atom stereocenters. The number of likely N-dealkylation sites (tertiary alicyclic amines) is 2. The first-order chi connectivity index (χ1) is 43.3. The molecule has 93 heavy (non-hydrogen) atoms. The Labute approximate surface area is 546 Å². The minimum atomic E-state index is -0.616. The van der Waals surface area contributed by atoms with Crippen LogP contribution in [0.4, 0.5) is 54.2 Å². The second-order valence-electron chi connectivity index (χ2n) is 24.7. The number of carbonyl (C=O) groups is 7. The summed E-state index contributed by atoms with van der Waals surface area (Å²) in [6.45, 7) is 23.0. The first kappa shape index (κ1) is 77.9. The van der Waals surface area contributed by atoms with Gasteiger partial charge in [-0.3, -0.25) is 49.5 Å². The van der Waals surface area contributed by atoms with Gasteiger partial charge in [-0.15, -0.1) is 0 Å². The number of Topliss-reactive ketones (excluding diaryl/α,β-unsaturated/α-hetero) is 2. The summed E-state index contributed by atoms with van der Waals surface area (Å²) in [7, 11) is 4.96. The lowest BCUT2D eigenvalue weighted by Gasteiger charge is -2.33. The van der Waals surface area contributed by atoms with Crippen molar-refractivity contribution in [3.63, 3.8) is 0 Å². The summed E-state index contributed by atoms with van der Waals surface area (Å²) in [6.07, 6.45) is 3.98. The highest BCUT2D eigenvalue weighted by molar-refractivity contribution is 6.32. The molecule has 0 spiro atoms. The Morgan fingerprint density at radius 2 is 0.860 bits per heavy atom. The van der Waals surface area contributed by atoms with E-state index in [1.807, 2.05) is 41.5 Å². The van der Waals surface area contributed by atoms with Gasteiger partial charge in [-0.2, -0.15) is 0 Å². The molecule has 29 nitrogen and oxygen atoms in total. The predicted molar refractivity (Wildman–Crippen MR) is 356 cm³/mol. The third-order valence-electron chi connectivity index (χ3n) is 13.6. The SMILES string of the molecule is CC(=O)c1ccc(Cl)c([N+](=O)[O-])c1.CC(C)(C)OC(=O)N[C@@H]1CCCNC1.CNc1ccc(C(=O)N2CCC[C@@H](NC(=O)OC(C)(C)C)C2)cc1N.CNc1ccc(C(=O)N2CCC[C@@H](NC(=O)OC(C)(C)C)C2)cc1[N+](=O)[O-].CNc1ccc(C(C)=O)cc1[N+](=O)[O-]. The molecule has 510 valence electrons. The van der Waals surface area contributed by atoms with Crippen LogP contribution in [0.2, 0.25) is 5.02 Å². The summed E-state index contributed by atoms with van der Waals surface area (Å²) in [6, 6.07) is 17.8. The Bertz CT molecular complexity index is 3290. The van der Waals surface area contributed by atoms with Gasteiger partial charge in [0.25, 0.3) is 28.9 Å². The average Bonchev–Trinajstić information content (AvgIpc) is 1.02. The van der Waals surface area contributed by atoms with Gasteiger partial charge in [0.05, 0.1) is 26.1 Å². The summed E-state index contributed by atoms with van der Waals surface area (Å²) >= 11 is 5.54. The third-order valence-corrected chi connectivity index (χ3v) is 13.9. The van der Waals surface area contributed by atoms with Gasteiger partial charge < -0.3 is 67.0 Å². The number of nitrogen functional groups attached to an aromatic ring is 1. The molecule has 9 N–H and O–H groups in total. The summed E-state index contributed by atoms with van der Waals surface area (Å²) in [5.41, 5.74) is 7.43. The Balaban J connectivity index is 0.000000314. The molecular weight excluding hydrogens is 1230 g/mol. The van der Waals surface area contributed by atoms with E-state index in [1.165, 1.54) is 56.3 Å². The fourth-order valence-electron chi connectivity index (χ4n) is 9.26. The molecule has 3 aliphatic heterocycles. The number of halogens is 1. The van der Waals surface area contributed by atoms with Gasteiger partial charge >= 0.3 is 18.3 Å². The van der Waals surface area contributed by atoms with Crippen molar-refractivity contribution in [3.8, 4) is 0 Å². The number of alkyl carbamates (subject to hydrolysis) is 3. The molecule has 3 fully saturated rings. The average molecular weight is 1320 g/mol. The van der Waals surface area contributed by atoms with Crippen molar-refractivity contribution >= 4 is 93.1 Å². The second-order valence-corrected chi connectivity index (χ2v) is 25.1. The summed E-state index contributed by atoms with van der Waals surface area (Å²) < 4.78 is 15.7. The van der Waals surface area contributed by atoms with Gasteiger partial charge in [0.15, 0.2) is 11.6 Å². The zero-order valence-electron chi connectivity index (χ0n) is 55.4. The number of rotatable bonds is 13. The van der Waals surface area contributed by atoms with E-state index < -0.39 is 43.8 Å². The van der Waals surface area contributed by atoms with E-state index in [0.717, 1.165) is 57.3 Å². The Morgan fingerprint density at radius 3 is 1.22 bits per heavy atom. The highest BCUT2D eigenvalue weighted by atomic mass is 35.5. The van der Waals surface area contributed by atoms with E-state index >= 15 is 0 Å². The molecule has 30 heteroatoms. The number of nitro groups is 3. The van der Waals surface area contributed by atoms with Crippen molar-refractivity contribution < 1.29 is 62.5 Å². The lowest BCUT2D eigenvalue weighted by Crippen LogP contribution is -2.50. The molecule has 3 heterocycles. The standard InChI is InChI=1S/C18H26N4O5.C18H28N4O3.C10H20N2O2.C9H10N2O3.C8H6ClNO3/c1-18(2,3)27-17(24)20-13-6-5-9-21(11-13)16(23)12-7-8-14(19-4)15(10-12)22(25)26;1-18(2,3)25-17(24)21-13-6-5-9-22(11-13)16(23)12-7-8-15(20-4)14(19)10-12;1-10(2,3)14-9(13)12-8-5-4-6-11-7-8;1-6(12)7-3-4-8(10-2)9(5-7)11(13)14;1-5(11)6-2-3-7(9)8(4-6)10(12)13/h7-8,10,13,19H,5-6,9,11H2,1-4H3,(H,20,24);7-8,10,13,20H,5-6,9,11,19H2,1-4H3,(H,21,24);8,11H,4-7H2,1-3H3,(H,12,13);3-5,10H,1-2H3;2-4H,1H3/t2*13-;8-;;/m111../s1. The van der Waals surface area contributed by atoms with Crippen LogP contribution in [0.5, 0.6) is 0 Å². The van der Waals surface area contributed by atoms with E-state index in [9.17, 15) is 63.9 Å². The Morgan fingerprint density at radius 1 is 0.516 bits per heavy atom. The highest BCUT2D eigenvalue weighted by Gasteiger charge is 2.31. The number of anilines is 4.